The van der Waals surface area contributed by atoms with Crippen LogP contribution in [0.4, 0.5) is 4.39 Å². The molecule has 116 valence electrons. The monoisotopic (exact) mass is 300 g/mol. The van der Waals surface area contributed by atoms with E-state index >= 15 is 4.39 Å². The van der Waals surface area contributed by atoms with E-state index in [-0.39, 0.29) is 35.2 Å². The highest BCUT2D eigenvalue weighted by Crippen LogP contribution is 2.65. The van der Waals surface area contributed by atoms with Crippen LogP contribution in [0.2, 0.25) is 0 Å². The summed E-state index contributed by atoms with van der Waals surface area (Å²) in [5.74, 6) is -0.437. The highest BCUT2D eigenvalue weighted by Gasteiger charge is 2.68. The molecule has 0 saturated heterocycles. The first-order valence-electron chi connectivity index (χ1n) is 8.15. The molecule has 0 bridgehead atoms. The van der Waals surface area contributed by atoms with Crippen molar-refractivity contribution in [2.75, 3.05) is 0 Å². The summed E-state index contributed by atoms with van der Waals surface area (Å²) >= 11 is 0. The van der Waals surface area contributed by atoms with Gasteiger partial charge >= 0.3 is 0 Å². The maximum absolute atomic E-state index is 16.3. The number of Topliss-reactive ketones (excluding diaryl/α,β-unsaturated/α-hetero) is 1. The highest BCUT2D eigenvalue weighted by atomic mass is 19.1. The summed E-state index contributed by atoms with van der Waals surface area (Å²) in [5.41, 5.74) is -2.22. The van der Waals surface area contributed by atoms with Gasteiger partial charge in [-0.15, -0.1) is 0 Å². The Morgan fingerprint density at radius 2 is 1.95 bits per heavy atom. The van der Waals surface area contributed by atoms with Gasteiger partial charge in [0.05, 0.1) is 0 Å². The van der Waals surface area contributed by atoms with E-state index in [1.807, 2.05) is 0 Å². The molecule has 0 unspecified atom stereocenters. The average molecular weight is 300 g/mol. The molecule has 0 N–H and O–H groups in total. The molecule has 2 nitrogen and oxygen atoms in total. The molecule has 0 amide bonds. The Bertz CT molecular complexity index is 673. The number of halogens is 1. The largest absolute Gasteiger partial charge is 0.296 e. The van der Waals surface area contributed by atoms with Crippen molar-refractivity contribution >= 4 is 11.6 Å². The molecule has 22 heavy (non-hydrogen) atoms. The predicted molar refractivity (Wildman–Crippen MR) is 81.9 cm³/mol. The summed E-state index contributed by atoms with van der Waals surface area (Å²) in [6.45, 7) is 3.89. The molecular weight excluding hydrogens is 279 g/mol. The standard InChI is InChI=1S/C19H21FO2/c1-17-8-3-4-14(17)15-6-5-12-10-13(21)7-9-18(12,2)19(15,20)16(22)11-17/h3,7-10,14-15H,4-6,11H2,1-2H3/t14-,15-,17-,18-,19-/m0/s1. The number of hydrogen-bond acceptors (Lipinski definition) is 2. The minimum atomic E-state index is -1.87. The van der Waals surface area contributed by atoms with E-state index < -0.39 is 11.1 Å². The summed E-state index contributed by atoms with van der Waals surface area (Å²) in [4.78, 5) is 24.5. The van der Waals surface area contributed by atoms with Gasteiger partial charge in [-0.3, -0.25) is 9.59 Å². The van der Waals surface area contributed by atoms with Crippen molar-refractivity contribution in [1.82, 2.24) is 0 Å². The Morgan fingerprint density at radius 1 is 1.18 bits per heavy atom. The number of ketones is 2. The van der Waals surface area contributed by atoms with Crippen molar-refractivity contribution in [3.05, 3.63) is 36.0 Å². The lowest BCUT2D eigenvalue weighted by Gasteiger charge is -2.58. The van der Waals surface area contributed by atoms with Crippen LogP contribution in [0.25, 0.3) is 0 Å². The molecule has 2 fully saturated rings. The van der Waals surface area contributed by atoms with Crippen molar-refractivity contribution in [3.63, 3.8) is 0 Å². The maximum Gasteiger partial charge on any atom is 0.184 e. The summed E-state index contributed by atoms with van der Waals surface area (Å²) in [6.07, 6.45) is 11.4. The van der Waals surface area contributed by atoms with E-state index in [0.717, 1.165) is 12.0 Å². The predicted octanol–water partition coefficient (Wildman–Crippen LogP) is 3.73. The van der Waals surface area contributed by atoms with Crippen LogP contribution in [-0.2, 0) is 9.59 Å². The van der Waals surface area contributed by atoms with Gasteiger partial charge in [-0.05, 0) is 49.7 Å². The Kier molecular flexibility index (Phi) is 2.61. The third-order valence-corrected chi connectivity index (χ3v) is 6.72. The molecule has 4 aliphatic rings. The third kappa shape index (κ3) is 1.45. The lowest BCUT2D eigenvalue weighted by Crippen LogP contribution is -2.64. The van der Waals surface area contributed by atoms with E-state index in [2.05, 4.69) is 19.1 Å². The Labute approximate surface area is 130 Å². The molecule has 2 saturated carbocycles. The van der Waals surface area contributed by atoms with Gasteiger partial charge in [0.15, 0.2) is 17.2 Å². The van der Waals surface area contributed by atoms with Crippen molar-refractivity contribution in [1.29, 1.82) is 0 Å². The second-order valence-electron chi connectivity index (χ2n) is 7.81. The van der Waals surface area contributed by atoms with Gasteiger partial charge in [-0.2, -0.15) is 0 Å². The van der Waals surface area contributed by atoms with Gasteiger partial charge in [0, 0.05) is 17.8 Å². The normalized spacial score (nSPS) is 49.5. The van der Waals surface area contributed by atoms with E-state index in [4.69, 9.17) is 0 Å². The first-order valence-corrected chi connectivity index (χ1v) is 8.15. The van der Waals surface area contributed by atoms with E-state index in [0.29, 0.717) is 12.8 Å². The van der Waals surface area contributed by atoms with Crippen molar-refractivity contribution in [2.24, 2.45) is 22.7 Å². The minimum Gasteiger partial charge on any atom is -0.296 e. The number of allylic oxidation sites excluding steroid dienone is 6. The van der Waals surface area contributed by atoms with Gasteiger partial charge in [-0.1, -0.05) is 30.7 Å². The van der Waals surface area contributed by atoms with Crippen LogP contribution in [0.1, 0.15) is 39.5 Å². The van der Waals surface area contributed by atoms with Gasteiger partial charge in [-0.25, -0.2) is 4.39 Å². The molecular formula is C19H21FO2. The molecule has 0 aromatic carbocycles. The van der Waals surface area contributed by atoms with Crippen LogP contribution in [0, 0.1) is 22.7 Å². The average Bonchev–Trinajstić information content (AvgIpc) is 2.83. The van der Waals surface area contributed by atoms with Crippen LogP contribution in [0.15, 0.2) is 36.0 Å². The summed E-state index contributed by atoms with van der Waals surface area (Å²) in [5, 5.41) is 0. The molecule has 0 aromatic rings. The van der Waals surface area contributed by atoms with Gasteiger partial charge in [0.1, 0.15) is 0 Å². The van der Waals surface area contributed by atoms with Crippen LogP contribution in [-0.4, -0.2) is 17.2 Å². The second-order valence-corrected chi connectivity index (χ2v) is 7.81. The zero-order valence-electron chi connectivity index (χ0n) is 13.1. The number of hydrogen-bond donors (Lipinski definition) is 0. The van der Waals surface area contributed by atoms with E-state index in [1.54, 1.807) is 19.1 Å². The minimum absolute atomic E-state index is 0.0924. The topological polar surface area (TPSA) is 34.1 Å². The van der Waals surface area contributed by atoms with Crippen LogP contribution in [0.5, 0.6) is 0 Å². The van der Waals surface area contributed by atoms with E-state index in [1.165, 1.54) is 6.08 Å². The molecule has 0 aliphatic heterocycles. The Hall–Kier alpha value is -1.51. The van der Waals surface area contributed by atoms with Gasteiger partial charge in [0.2, 0.25) is 0 Å². The smallest absolute Gasteiger partial charge is 0.184 e. The third-order valence-electron chi connectivity index (χ3n) is 6.72. The number of fused-ring (bicyclic) bond motifs is 5. The molecule has 0 spiro atoms. The molecule has 4 rings (SSSR count). The number of carbonyl (C=O) groups excluding carboxylic acids is 2. The lowest BCUT2D eigenvalue weighted by molar-refractivity contribution is -0.162. The number of carbonyl (C=O) groups is 2. The highest BCUT2D eigenvalue weighted by molar-refractivity contribution is 6.02. The maximum atomic E-state index is 16.3. The number of rotatable bonds is 0. The fraction of sp³-hybridized carbons (Fsp3) is 0.579. The Morgan fingerprint density at radius 3 is 2.73 bits per heavy atom. The first kappa shape index (κ1) is 14.1. The van der Waals surface area contributed by atoms with Crippen LogP contribution < -0.4 is 0 Å². The van der Waals surface area contributed by atoms with Gasteiger partial charge in [0.25, 0.3) is 0 Å². The fourth-order valence-electron chi connectivity index (χ4n) is 5.45. The molecule has 0 radical (unpaired) electrons. The molecule has 4 aliphatic carbocycles. The first-order chi connectivity index (χ1) is 10.3. The summed E-state index contributed by atoms with van der Waals surface area (Å²) < 4.78 is 16.3. The molecule has 3 heteroatoms. The van der Waals surface area contributed by atoms with Crippen molar-refractivity contribution in [2.45, 2.75) is 45.2 Å². The molecule has 0 heterocycles. The van der Waals surface area contributed by atoms with Gasteiger partial charge < -0.3 is 0 Å². The lowest BCUT2D eigenvalue weighted by atomic mass is 9.46. The van der Waals surface area contributed by atoms with Crippen molar-refractivity contribution in [3.8, 4) is 0 Å². The summed E-state index contributed by atoms with van der Waals surface area (Å²) in [6, 6.07) is 0. The Balaban J connectivity index is 1.86. The van der Waals surface area contributed by atoms with Crippen LogP contribution >= 0.6 is 0 Å². The molecule has 5 atom stereocenters. The van der Waals surface area contributed by atoms with Crippen LogP contribution in [0.3, 0.4) is 0 Å². The second kappa shape index (κ2) is 4.06. The van der Waals surface area contributed by atoms with Crippen molar-refractivity contribution < 1.29 is 14.0 Å². The summed E-state index contributed by atoms with van der Waals surface area (Å²) in [7, 11) is 0. The quantitative estimate of drug-likeness (QED) is 0.639. The zero-order valence-corrected chi connectivity index (χ0v) is 13.1. The SMILES string of the molecule is C[C@@]12C=CC[C@H]1[C@@H]1CCC3=CC(=O)C=C[C@]3(C)[C@@]1(F)C(=O)C2. The zero-order chi connectivity index (χ0) is 15.8. The number of alkyl halides is 1. The fourth-order valence-corrected chi connectivity index (χ4v) is 5.45. The molecule has 0 aromatic heterocycles. The van der Waals surface area contributed by atoms with E-state index in [9.17, 15) is 9.59 Å².